The smallest absolute Gasteiger partial charge is 0.271 e. The topological polar surface area (TPSA) is 83.7 Å². The van der Waals surface area contributed by atoms with Gasteiger partial charge in [0.05, 0.1) is 6.10 Å². The van der Waals surface area contributed by atoms with Crippen molar-refractivity contribution in [3.8, 4) is 0 Å². The van der Waals surface area contributed by atoms with Crippen molar-refractivity contribution in [1.29, 1.82) is 0 Å². The Hall–Kier alpha value is -1.73. The van der Waals surface area contributed by atoms with Crippen LogP contribution in [0.5, 0.6) is 0 Å². The normalized spacial score (nSPS) is 12.6. The van der Waals surface area contributed by atoms with E-state index in [2.05, 4.69) is 10.3 Å². The number of nitrogens with one attached hydrogen (secondary N) is 1. The van der Waals surface area contributed by atoms with E-state index in [1.165, 1.54) is 21.9 Å². The van der Waals surface area contributed by atoms with Gasteiger partial charge in [-0.1, -0.05) is 6.92 Å². The summed E-state index contributed by atoms with van der Waals surface area (Å²) < 4.78 is 1.33. The molecule has 0 aromatic carbocycles. The molecule has 2 N–H and O–H groups in total. The molecule has 2 rings (SSSR count). The number of carbonyl (C=O) groups excluding carboxylic acids is 1. The number of amides is 1. The molecule has 96 valence electrons. The molecule has 6 nitrogen and oxygen atoms in total. The fourth-order valence-electron chi connectivity index (χ4n) is 1.43. The summed E-state index contributed by atoms with van der Waals surface area (Å²) in [5, 5.41) is 13.6. The van der Waals surface area contributed by atoms with Gasteiger partial charge in [0, 0.05) is 24.3 Å². The number of aliphatic hydroxyl groups excluding tert-OH is 1. The lowest BCUT2D eigenvalue weighted by Crippen LogP contribution is -2.35. The lowest BCUT2D eigenvalue weighted by Gasteiger charge is -2.08. The molecule has 0 bridgehead atoms. The number of thiazole rings is 1. The van der Waals surface area contributed by atoms with E-state index in [0.717, 1.165) is 0 Å². The van der Waals surface area contributed by atoms with Crippen LogP contribution >= 0.6 is 11.3 Å². The first-order valence-corrected chi connectivity index (χ1v) is 6.42. The minimum absolute atomic E-state index is 0.0193. The second kappa shape index (κ2) is 5.28. The highest BCUT2D eigenvalue weighted by atomic mass is 32.1. The van der Waals surface area contributed by atoms with Crippen molar-refractivity contribution in [2.24, 2.45) is 0 Å². The standard InChI is InChI=1S/C11H13N3O3S/c1-2-7(15)5-12-9(16)8-6-13-11-14(10(8)17)3-4-18-11/h3-4,6-7,15H,2,5H2,1H3,(H,12,16). The van der Waals surface area contributed by atoms with Crippen LogP contribution in [0.3, 0.4) is 0 Å². The molecule has 0 fully saturated rings. The van der Waals surface area contributed by atoms with E-state index in [9.17, 15) is 14.7 Å². The van der Waals surface area contributed by atoms with Gasteiger partial charge < -0.3 is 10.4 Å². The summed E-state index contributed by atoms with van der Waals surface area (Å²) in [5.41, 5.74) is -0.418. The minimum Gasteiger partial charge on any atom is -0.391 e. The Morgan fingerprint density at radius 2 is 2.44 bits per heavy atom. The number of hydrogen-bond donors (Lipinski definition) is 2. The van der Waals surface area contributed by atoms with Gasteiger partial charge in [0.25, 0.3) is 11.5 Å². The predicted octanol–water partition coefficient (Wildman–Crippen LogP) is 0.257. The van der Waals surface area contributed by atoms with Crippen LogP contribution in [0.2, 0.25) is 0 Å². The summed E-state index contributed by atoms with van der Waals surface area (Å²) >= 11 is 1.32. The van der Waals surface area contributed by atoms with Crippen molar-refractivity contribution in [3.63, 3.8) is 0 Å². The summed E-state index contributed by atoms with van der Waals surface area (Å²) in [6, 6.07) is 0. The molecule has 0 radical (unpaired) electrons. The number of aromatic nitrogens is 2. The van der Waals surface area contributed by atoms with E-state index >= 15 is 0 Å². The minimum atomic E-state index is -0.602. The first kappa shape index (κ1) is 12.7. The van der Waals surface area contributed by atoms with Crippen LogP contribution in [-0.2, 0) is 0 Å². The second-order valence-electron chi connectivity index (χ2n) is 3.80. The van der Waals surface area contributed by atoms with Gasteiger partial charge in [-0.2, -0.15) is 0 Å². The zero-order chi connectivity index (χ0) is 13.1. The molecule has 0 aliphatic rings. The molecule has 2 aromatic heterocycles. The maximum absolute atomic E-state index is 12.0. The van der Waals surface area contributed by atoms with Gasteiger partial charge in [-0.15, -0.1) is 11.3 Å². The van der Waals surface area contributed by atoms with Crippen molar-refractivity contribution in [2.75, 3.05) is 6.54 Å². The number of hydrogen-bond acceptors (Lipinski definition) is 5. The van der Waals surface area contributed by atoms with Gasteiger partial charge >= 0.3 is 0 Å². The average molecular weight is 267 g/mol. The summed E-state index contributed by atoms with van der Waals surface area (Å²) in [7, 11) is 0. The van der Waals surface area contributed by atoms with Crippen LogP contribution in [-0.4, -0.2) is 33.0 Å². The van der Waals surface area contributed by atoms with Crippen LogP contribution in [0.25, 0.3) is 4.96 Å². The maximum atomic E-state index is 12.0. The number of fused-ring (bicyclic) bond motifs is 1. The van der Waals surface area contributed by atoms with E-state index in [-0.39, 0.29) is 12.1 Å². The third-order valence-corrected chi connectivity index (χ3v) is 3.33. The van der Waals surface area contributed by atoms with Crippen LogP contribution in [0, 0.1) is 0 Å². The fraction of sp³-hybridized carbons (Fsp3) is 0.364. The maximum Gasteiger partial charge on any atom is 0.271 e. The molecule has 0 aliphatic carbocycles. The molecule has 0 aliphatic heterocycles. The summed E-state index contributed by atoms with van der Waals surface area (Å²) in [6.07, 6.45) is 2.78. The van der Waals surface area contributed by atoms with Gasteiger partial charge in [0.1, 0.15) is 5.56 Å². The molecular formula is C11H13N3O3S. The zero-order valence-electron chi connectivity index (χ0n) is 9.79. The van der Waals surface area contributed by atoms with Gasteiger partial charge in [-0.25, -0.2) is 4.98 Å². The van der Waals surface area contributed by atoms with Crippen molar-refractivity contribution in [2.45, 2.75) is 19.4 Å². The molecule has 18 heavy (non-hydrogen) atoms. The molecule has 1 amide bonds. The molecule has 0 spiro atoms. The molecule has 0 saturated carbocycles. The Morgan fingerprint density at radius 1 is 1.67 bits per heavy atom. The second-order valence-corrected chi connectivity index (χ2v) is 4.68. The number of carbonyl (C=O) groups is 1. The van der Waals surface area contributed by atoms with E-state index in [1.54, 1.807) is 11.6 Å². The molecule has 1 unspecified atom stereocenters. The third kappa shape index (κ3) is 2.41. The molecule has 7 heteroatoms. The third-order valence-electron chi connectivity index (χ3n) is 2.56. The Balaban J connectivity index is 2.23. The van der Waals surface area contributed by atoms with Gasteiger partial charge in [-0.05, 0) is 6.42 Å². The van der Waals surface area contributed by atoms with Crippen LogP contribution in [0.15, 0.2) is 22.6 Å². The van der Waals surface area contributed by atoms with Crippen LogP contribution in [0.4, 0.5) is 0 Å². The van der Waals surface area contributed by atoms with Crippen molar-refractivity contribution in [1.82, 2.24) is 14.7 Å². The quantitative estimate of drug-likeness (QED) is 0.832. The molecule has 2 heterocycles. The van der Waals surface area contributed by atoms with E-state index in [0.29, 0.717) is 11.4 Å². The van der Waals surface area contributed by atoms with Gasteiger partial charge in [0.15, 0.2) is 4.96 Å². The molecule has 0 saturated heterocycles. The van der Waals surface area contributed by atoms with Crippen LogP contribution in [0.1, 0.15) is 23.7 Å². The lowest BCUT2D eigenvalue weighted by atomic mass is 10.2. The molecule has 1 atom stereocenters. The highest BCUT2D eigenvalue weighted by Crippen LogP contribution is 2.05. The Bertz CT molecular complexity index is 619. The number of nitrogens with zero attached hydrogens (tertiary/aromatic N) is 2. The zero-order valence-corrected chi connectivity index (χ0v) is 10.6. The largest absolute Gasteiger partial charge is 0.391 e. The van der Waals surface area contributed by atoms with Crippen molar-refractivity contribution >= 4 is 22.2 Å². The average Bonchev–Trinajstić information content (AvgIpc) is 2.85. The van der Waals surface area contributed by atoms with Crippen LogP contribution < -0.4 is 10.9 Å². The SMILES string of the molecule is CCC(O)CNC(=O)c1cnc2sccn2c1=O. The Morgan fingerprint density at radius 3 is 3.17 bits per heavy atom. The van der Waals surface area contributed by atoms with E-state index in [1.807, 2.05) is 6.92 Å². The number of aliphatic hydroxyl groups is 1. The monoisotopic (exact) mass is 267 g/mol. The van der Waals surface area contributed by atoms with E-state index in [4.69, 9.17) is 0 Å². The summed E-state index contributed by atoms with van der Waals surface area (Å²) in [6.45, 7) is 1.94. The van der Waals surface area contributed by atoms with Crippen molar-refractivity contribution in [3.05, 3.63) is 33.7 Å². The lowest BCUT2D eigenvalue weighted by molar-refractivity contribution is 0.0912. The first-order chi connectivity index (χ1) is 8.63. The molecular weight excluding hydrogens is 254 g/mol. The highest BCUT2D eigenvalue weighted by molar-refractivity contribution is 7.15. The van der Waals surface area contributed by atoms with E-state index < -0.39 is 17.6 Å². The van der Waals surface area contributed by atoms with Gasteiger partial charge in [0.2, 0.25) is 0 Å². The predicted molar refractivity (Wildman–Crippen MR) is 68.0 cm³/mol. The van der Waals surface area contributed by atoms with Gasteiger partial charge in [-0.3, -0.25) is 14.0 Å². The summed E-state index contributed by atoms with van der Waals surface area (Å²) in [5.74, 6) is -0.513. The summed E-state index contributed by atoms with van der Waals surface area (Å²) in [4.78, 5) is 28.3. The first-order valence-electron chi connectivity index (χ1n) is 5.54. The Kier molecular flexibility index (Phi) is 3.73. The fourth-order valence-corrected chi connectivity index (χ4v) is 2.11. The Labute approximate surface area is 107 Å². The highest BCUT2D eigenvalue weighted by Gasteiger charge is 2.14. The van der Waals surface area contributed by atoms with Crippen molar-refractivity contribution < 1.29 is 9.90 Å². The molecule has 2 aromatic rings. The number of rotatable bonds is 4.